The molecule has 8 nitrogen and oxygen atoms in total. The maximum atomic E-state index is 9.63. The third-order valence-corrected chi connectivity index (χ3v) is 5.47. The first-order chi connectivity index (χ1) is 15.2. The summed E-state index contributed by atoms with van der Waals surface area (Å²) in [5, 5.41) is 12.7. The molecule has 1 aromatic carbocycles. The zero-order valence-electron chi connectivity index (χ0n) is 17.7. The lowest BCUT2D eigenvalue weighted by atomic mass is 9.93. The Bertz CT molecular complexity index is 977. The Morgan fingerprint density at radius 2 is 1.97 bits per heavy atom. The van der Waals surface area contributed by atoms with Crippen LogP contribution in [0.4, 0.5) is 11.8 Å². The van der Waals surface area contributed by atoms with E-state index in [1.54, 1.807) is 24.7 Å². The first-order valence-corrected chi connectivity index (χ1v) is 10.7. The van der Waals surface area contributed by atoms with E-state index in [2.05, 4.69) is 31.2 Å². The number of benzene rings is 1. The van der Waals surface area contributed by atoms with Gasteiger partial charge in [-0.1, -0.05) is 6.07 Å². The second-order valence-corrected chi connectivity index (χ2v) is 7.61. The van der Waals surface area contributed by atoms with E-state index in [0.29, 0.717) is 24.3 Å². The molecule has 31 heavy (non-hydrogen) atoms. The summed E-state index contributed by atoms with van der Waals surface area (Å²) in [5.74, 6) is 2.33. The van der Waals surface area contributed by atoms with Gasteiger partial charge in [0.05, 0.1) is 25.1 Å². The second-order valence-electron chi connectivity index (χ2n) is 7.61. The Morgan fingerprint density at radius 1 is 1.16 bits per heavy atom. The van der Waals surface area contributed by atoms with Crippen molar-refractivity contribution in [1.82, 2.24) is 24.8 Å². The van der Waals surface area contributed by atoms with Crippen molar-refractivity contribution in [3.8, 4) is 5.75 Å². The van der Waals surface area contributed by atoms with E-state index < -0.39 is 0 Å². The number of hydrogen-bond acceptors (Lipinski definition) is 8. The number of rotatable bonds is 8. The van der Waals surface area contributed by atoms with Gasteiger partial charge >= 0.3 is 0 Å². The SMILES string of the molecule is CCOc1ccc(CN2CCC(c3cncc(Nc4ncccn4)n3)CC2)cc1CO. The highest BCUT2D eigenvalue weighted by atomic mass is 16.5. The zero-order valence-corrected chi connectivity index (χ0v) is 17.7. The normalized spacial score (nSPS) is 15.0. The van der Waals surface area contributed by atoms with Crippen LogP contribution in [0.1, 0.15) is 42.5 Å². The van der Waals surface area contributed by atoms with E-state index in [4.69, 9.17) is 9.72 Å². The number of aliphatic hydroxyl groups excluding tert-OH is 1. The van der Waals surface area contributed by atoms with E-state index in [-0.39, 0.29) is 6.61 Å². The molecule has 2 aromatic heterocycles. The van der Waals surface area contributed by atoms with Crippen LogP contribution in [-0.4, -0.2) is 49.6 Å². The Labute approximate surface area is 182 Å². The predicted octanol–water partition coefficient (Wildman–Crippen LogP) is 3.28. The van der Waals surface area contributed by atoms with Crippen molar-refractivity contribution in [2.24, 2.45) is 0 Å². The van der Waals surface area contributed by atoms with E-state index in [9.17, 15) is 5.11 Å². The molecular formula is C23H28N6O2. The molecule has 0 saturated carbocycles. The van der Waals surface area contributed by atoms with Gasteiger partial charge in [-0.25, -0.2) is 15.0 Å². The van der Waals surface area contributed by atoms with Crippen LogP contribution in [0.3, 0.4) is 0 Å². The number of likely N-dealkylation sites (tertiary alicyclic amines) is 1. The van der Waals surface area contributed by atoms with Crippen LogP contribution in [0.15, 0.2) is 49.1 Å². The maximum absolute atomic E-state index is 9.63. The van der Waals surface area contributed by atoms with Crippen LogP contribution in [0.25, 0.3) is 0 Å². The largest absolute Gasteiger partial charge is 0.494 e. The molecule has 0 spiro atoms. The smallest absolute Gasteiger partial charge is 0.228 e. The molecule has 1 aliphatic rings. The summed E-state index contributed by atoms with van der Waals surface area (Å²) in [6.45, 7) is 5.39. The van der Waals surface area contributed by atoms with Crippen LogP contribution >= 0.6 is 0 Å². The molecule has 162 valence electrons. The van der Waals surface area contributed by atoms with Crippen LogP contribution < -0.4 is 10.1 Å². The van der Waals surface area contributed by atoms with Crippen molar-refractivity contribution in [1.29, 1.82) is 0 Å². The quantitative estimate of drug-likeness (QED) is 0.573. The molecule has 3 heterocycles. The van der Waals surface area contributed by atoms with Crippen molar-refractivity contribution in [3.63, 3.8) is 0 Å². The van der Waals surface area contributed by atoms with Crippen LogP contribution in [0.5, 0.6) is 5.75 Å². The first-order valence-electron chi connectivity index (χ1n) is 10.7. The minimum Gasteiger partial charge on any atom is -0.494 e. The summed E-state index contributed by atoms with van der Waals surface area (Å²) in [6.07, 6.45) is 9.00. The second kappa shape index (κ2) is 10.3. The number of piperidine rings is 1. The molecule has 8 heteroatoms. The summed E-state index contributed by atoms with van der Waals surface area (Å²) in [7, 11) is 0. The fourth-order valence-corrected chi connectivity index (χ4v) is 3.91. The maximum Gasteiger partial charge on any atom is 0.228 e. The topological polar surface area (TPSA) is 96.3 Å². The van der Waals surface area contributed by atoms with Crippen molar-refractivity contribution >= 4 is 11.8 Å². The minimum atomic E-state index is -0.0116. The highest BCUT2D eigenvalue weighted by molar-refractivity contribution is 5.45. The summed E-state index contributed by atoms with van der Waals surface area (Å²) in [6, 6.07) is 7.87. The molecule has 0 atom stereocenters. The number of anilines is 2. The first kappa shape index (κ1) is 21.1. The molecule has 0 aliphatic carbocycles. The van der Waals surface area contributed by atoms with Gasteiger partial charge in [-0.05, 0) is 56.6 Å². The van der Waals surface area contributed by atoms with Gasteiger partial charge in [0.25, 0.3) is 0 Å². The lowest BCUT2D eigenvalue weighted by molar-refractivity contribution is 0.203. The van der Waals surface area contributed by atoms with Crippen LogP contribution in [0, 0.1) is 0 Å². The molecule has 0 amide bonds. The number of nitrogens with zero attached hydrogens (tertiary/aromatic N) is 5. The van der Waals surface area contributed by atoms with Gasteiger partial charge in [0.2, 0.25) is 5.95 Å². The van der Waals surface area contributed by atoms with Gasteiger partial charge < -0.3 is 15.2 Å². The highest BCUT2D eigenvalue weighted by Crippen LogP contribution is 2.29. The Morgan fingerprint density at radius 3 is 2.71 bits per heavy atom. The van der Waals surface area contributed by atoms with Crippen molar-refractivity contribution in [2.45, 2.75) is 38.8 Å². The molecule has 3 aromatic rings. The van der Waals surface area contributed by atoms with E-state index in [1.807, 2.05) is 25.3 Å². The molecular weight excluding hydrogens is 392 g/mol. The predicted molar refractivity (Wildman–Crippen MR) is 118 cm³/mol. The summed E-state index contributed by atoms with van der Waals surface area (Å²) < 4.78 is 5.58. The molecule has 1 fully saturated rings. The summed E-state index contributed by atoms with van der Waals surface area (Å²) >= 11 is 0. The number of ether oxygens (including phenoxy) is 1. The van der Waals surface area contributed by atoms with E-state index >= 15 is 0 Å². The van der Waals surface area contributed by atoms with E-state index in [0.717, 1.165) is 49.5 Å². The van der Waals surface area contributed by atoms with E-state index in [1.165, 1.54) is 5.56 Å². The van der Waals surface area contributed by atoms with Crippen molar-refractivity contribution in [3.05, 3.63) is 65.9 Å². The Balaban J connectivity index is 1.34. The average molecular weight is 421 g/mol. The van der Waals surface area contributed by atoms with Gasteiger partial charge in [-0.2, -0.15) is 0 Å². The summed E-state index contributed by atoms with van der Waals surface area (Å²) in [4.78, 5) is 19.9. The van der Waals surface area contributed by atoms with Crippen LogP contribution in [0.2, 0.25) is 0 Å². The third-order valence-electron chi connectivity index (χ3n) is 5.47. The number of hydrogen-bond donors (Lipinski definition) is 2. The van der Waals surface area contributed by atoms with Gasteiger partial charge in [-0.15, -0.1) is 0 Å². The minimum absolute atomic E-state index is 0.0116. The monoisotopic (exact) mass is 420 g/mol. The molecule has 0 radical (unpaired) electrons. The van der Waals surface area contributed by atoms with Gasteiger partial charge in [0.15, 0.2) is 5.82 Å². The third kappa shape index (κ3) is 5.53. The van der Waals surface area contributed by atoms with Crippen LogP contribution in [-0.2, 0) is 13.2 Å². The highest BCUT2D eigenvalue weighted by Gasteiger charge is 2.22. The number of nitrogens with one attached hydrogen (secondary N) is 1. The number of aromatic nitrogens is 4. The molecule has 0 bridgehead atoms. The molecule has 2 N–H and O–H groups in total. The zero-order chi connectivity index (χ0) is 21.5. The van der Waals surface area contributed by atoms with Gasteiger partial charge in [0, 0.05) is 36.6 Å². The standard InChI is InChI=1S/C23H28N6O2/c1-2-31-21-5-4-17(12-19(21)16-30)15-29-10-6-18(7-11-29)20-13-24-14-22(27-20)28-23-25-8-3-9-26-23/h3-5,8-9,12-14,18,30H,2,6-7,10-11,15-16H2,1H3,(H,25,26,27,28). The van der Waals surface area contributed by atoms with Crippen molar-refractivity contribution in [2.75, 3.05) is 25.0 Å². The molecule has 0 unspecified atom stereocenters. The van der Waals surface area contributed by atoms with Gasteiger partial charge in [0.1, 0.15) is 5.75 Å². The van der Waals surface area contributed by atoms with Crippen molar-refractivity contribution < 1.29 is 9.84 Å². The lowest BCUT2D eigenvalue weighted by Crippen LogP contribution is -2.32. The fourth-order valence-electron chi connectivity index (χ4n) is 3.91. The molecule has 1 aliphatic heterocycles. The molecule has 1 saturated heterocycles. The van der Waals surface area contributed by atoms with Gasteiger partial charge in [-0.3, -0.25) is 9.88 Å². The summed E-state index contributed by atoms with van der Waals surface area (Å²) in [5.41, 5.74) is 3.04. The Kier molecular flexibility index (Phi) is 7.01. The Hall–Kier alpha value is -3.10. The average Bonchev–Trinajstić information content (AvgIpc) is 2.81. The number of aliphatic hydroxyl groups is 1. The fraction of sp³-hybridized carbons (Fsp3) is 0.391. The molecule has 4 rings (SSSR count). The lowest BCUT2D eigenvalue weighted by Gasteiger charge is -2.31.